The smallest absolute Gasteiger partial charge is 0.169 e. The molecule has 2 heterocycles. The molecular formula is C21H25N3O. The zero-order valence-corrected chi connectivity index (χ0v) is 15.6. The predicted octanol–water partition coefficient (Wildman–Crippen LogP) is 4.29. The van der Waals surface area contributed by atoms with Gasteiger partial charge in [-0.2, -0.15) is 0 Å². The van der Waals surface area contributed by atoms with Crippen molar-refractivity contribution in [3.8, 4) is 0 Å². The summed E-state index contributed by atoms with van der Waals surface area (Å²) in [5.74, 6) is 1.32. The number of Topliss-reactive ketones (excluding diaryl/α,β-unsaturated/α-hetero) is 1. The van der Waals surface area contributed by atoms with E-state index in [2.05, 4.69) is 49.4 Å². The van der Waals surface area contributed by atoms with Crippen LogP contribution < -0.4 is 0 Å². The second-order valence-electron chi connectivity index (χ2n) is 8.38. The molecule has 0 amide bonds. The fourth-order valence-electron chi connectivity index (χ4n) is 4.28. The monoisotopic (exact) mass is 335 g/mol. The van der Waals surface area contributed by atoms with E-state index in [1.54, 1.807) is 0 Å². The molecule has 2 aromatic heterocycles. The molecule has 0 radical (unpaired) electrons. The highest BCUT2D eigenvalue weighted by atomic mass is 16.1. The van der Waals surface area contributed by atoms with E-state index in [4.69, 9.17) is 0 Å². The lowest BCUT2D eigenvalue weighted by molar-refractivity contribution is 0.0946. The predicted molar refractivity (Wildman–Crippen MR) is 99.6 cm³/mol. The third kappa shape index (κ3) is 2.20. The van der Waals surface area contributed by atoms with Crippen LogP contribution in [0.4, 0.5) is 0 Å². The molecule has 0 aliphatic heterocycles. The first-order valence-electron chi connectivity index (χ1n) is 8.83. The Morgan fingerprint density at radius 1 is 1.16 bits per heavy atom. The highest BCUT2D eigenvalue weighted by Gasteiger charge is 2.68. The molecule has 130 valence electrons. The third-order valence-electron chi connectivity index (χ3n) is 6.57. The fraction of sp³-hybridized carbons (Fsp3) is 0.429. The molecule has 0 saturated heterocycles. The molecule has 4 heteroatoms. The van der Waals surface area contributed by atoms with E-state index in [1.807, 2.05) is 42.3 Å². The van der Waals surface area contributed by atoms with Gasteiger partial charge < -0.3 is 9.13 Å². The summed E-state index contributed by atoms with van der Waals surface area (Å²) in [5, 5.41) is 1.04. The number of hydrogen-bond donors (Lipinski definition) is 0. The van der Waals surface area contributed by atoms with Crippen molar-refractivity contribution in [2.24, 2.45) is 23.8 Å². The Balaban J connectivity index is 1.78. The van der Waals surface area contributed by atoms with Crippen molar-refractivity contribution in [3.63, 3.8) is 0 Å². The number of rotatable bonds is 4. The maximum atomic E-state index is 13.3. The molecule has 0 N–H and O–H groups in total. The second-order valence-corrected chi connectivity index (χ2v) is 8.38. The van der Waals surface area contributed by atoms with Crippen LogP contribution >= 0.6 is 0 Å². The molecule has 1 fully saturated rings. The zero-order valence-electron chi connectivity index (χ0n) is 15.6. The average molecular weight is 335 g/mol. The van der Waals surface area contributed by atoms with E-state index in [0.29, 0.717) is 6.54 Å². The summed E-state index contributed by atoms with van der Waals surface area (Å²) in [5.41, 5.74) is 2.03. The summed E-state index contributed by atoms with van der Waals surface area (Å²) >= 11 is 0. The largest absolute Gasteiger partial charge is 0.339 e. The van der Waals surface area contributed by atoms with Crippen LogP contribution in [-0.4, -0.2) is 19.9 Å². The van der Waals surface area contributed by atoms with Crippen molar-refractivity contribution in [1.29, 1.82) is 0 Å². The number of carbonyl (C=O) groups is 1. The van der Waals surface area contributed by atoms with Crippen molar-refractivity contribution in [3.05, 3.63) is 54.2 Å². The van der Waals surface area contributed by atoms with Crippen LogP contribution in [0.15, 0.2) is 42.9 Å². The van der Waals surface area contributed by atoms with Gasteiger partial charge >= 0.3 is 0 Å². The van der Waals surface area contributed by atoms with Crippen LogP contribution in [0.25, 0.3) is 10.9 Å². The van der Waals surface area contributed by atoms with Gasteiger partial charge in [0.15, 0.2) is 5.78 Å². The van der Waals surface area contributed by atoms with E-state index in [9.17, 15) is 4.79 Å². The summed E-state index contributed by atoms with van der Waals surface area (Å²) in [7, 11) is 2.00. The number of aryl methyl sites for hydroxylation is 1. The average Bonchev–Trinajstić information content (AvgIpc) is 2.95. The van der Waals surface area contributed by atoms with Crippen LogP contribution in [-0.2, 0) is 13.6 Å². The van der Waals surface area contributed by atoms with Gasteiger partial charge in [0, 0.05) is 48.0 Å². The second kappa shape index (κ2) is 5.07. The van der Waals surface area contributed by atoms with Crippen molar-refractivity contribution in [2.75, 3.05) is 0 Å². The molecule has 1 saturated carbocycles. The number of hydrogen-bond acceptors (Lipinski definition) is 2. The minimum atomic E-state index is 0.0486. The van der Waals surface area contributed by atoms with E-state index in [-0.39, 0.29) is 22.5 Å². The van der Waals surface area contributed by atoms with Gasteiger partial charge in [-0.05, 0) is 16.9 Å². The zero-order chi connectivity index (χ0) is 18.0. The first-order chi connectivity index (χ1) is 11.7. The van der Waals surface area contributed by atoms with Crippen LogP contribution in [0, 0.1) is 16.7 Å². The molecule has 25 heavy (non-hydrogen) atoms. The minimum absolute atomic E-state index is 0.0486. The van der Waals surface area contributed by atoms with Gasteiger partial charge in [0.05, 0.1) is 6.54 Å². The molecule has 0 bridgehead atoms. The first kappa shape index (κ1) is 16.1. The summed E-state index contributed by atoms with van der Waals surface area (Å²) in [4.78, 5) is 17.7. The van der Waals surface area contributed by atoms with Gasteiger partial charge in [0.2, 0.25) is 0 Å². The summed E-state index contributed by atoms with van der Waals surface area (Å²) in [6, 6.07) is 8.17. The van der Waals surface area contributed by atoms with Gasteiger partial charge in [-0.3, -0.25) is 4.79 Å². The Morgan fingerprint density at radius 2 is 1.84 bits per heavy atom. The lowest BCUT2D eigenvalue weighted by Gasteiger charge is -2.05. The lowest BCUT2D eigenvalue weighted by atomic mass is 10.0. The highest BCUT2D eigenvalue weighted by molar-refractivity contribution is 6.11. The van der Waals surface area contributed by atoms with Gasteiger partial charge in [-0.15, -0.1) is 0 Å². The maximum Gasteiger partial charge on any atom is 0.169 e. The molecule has 1 aliphatic carbocycles. The molecule has 4 rings (SSSR count). The number of ketones is 1. The fourth-order valence-corrected chi connectivity index (χ4v) is 4.28. The number of imidazole rings is 1. The van der Waals surface area contributed by atoms with Crippen molar-refractivity contribution < 1.29 is 4.79 Å². The van der Waals surface area contributed by atoms with Crippen LogP contribution in [0.1, 0.15) is 43.9 Å². The number of aromatic nitrogens is 3. The molecule has 1 aliphatic rings. The quantitative estimate of drug-likeness (QED) is 0.667. The van der Waals surface area contributed by atoms with Gasteiger partial charge in [0.1, 0.15) is 5.82 Å². The van der Waals surface area contributed by atoms with Gasteiger partial charge in [-0.1, -0.05) is 45.9 Å². The van der Waals surface area contributed by atoms with E-state index >= 15 is 0 Å². The topological polar surface area (TPSA) is 39.8 Å². The Bertz CT molecular complexity index is 960. The summed E-state index contributed by atoms with van der Waals surface area (Å²) < 4.78 is 4.16. The molecule has 0 atom stereocenters. The number of carbonyl (C=O) groups excluding carboxylic acids is 1. The third-order valence-corrected chi connectivity index (χ3v) is 6.57. The summed E-state index contributed by atoms with van der Waals surface area (Å²) in [6.45, 7) is 9.45. The first-order valence-corrected chi connectivity index (χ1v) is 8.83. The number of para-hydroxylation sites is 1. The van der Waals surface area contributed by atoms with Crippen molar-refractivity contribution in [2.45, 2.75) is 34.2 Å². The Kier molecular flexibility index (Phi) is 3.27. The molecular weight excluding hydrogens is 310 g/mol. The van der Waals surface area contributed by atoms with E-state index in [1.165, 1.54) is 0 Å². The highest BCUT2D eigenvalue weighted by Crippen LogP contribution is 2.69. The maximum absolute atomic E-state index is 13.3. The van der Waals surface area contributed by atoms with Crippen LogP contribution in [0.5, 0.6) is 0 Å². The Labute approximate surface area is 148 Å². The number of benzene rings is 1. The van der Waals surface area contributed by atoms with Crippen molar-refractivity contribution >= 4 is 16.7 Å². The molecule has 0 spiro atoms. The lowest BCUT2D eigenvalue weighted by Crippen LogP contribution is -2.08. The molecule has 1 aromatic carbocycles. The van der Waals surface area contributed by atoms with E-state index in [0.717, 1.165) is 22.3 Å². The molecule has 4 nitrogen and oxygen atoms in total. The Hall–Kier alpha value is -2.36. The number of nitrogens with zero attached hydrogens (tertiary/aromatic N) is 3. The standard InChI is InChI=1S/C21H25N3O/c1-20(2)19(21(20,3)4)18(25)15-12-24(13-17-22-10-11-23(17)5)16-9-7-6-8-14(15)16/h6-12,19H,13H2,1-5H3. The van der Waals surface area contributed by atoms with Crippen LogP contribution in [0.2, 0.25) is 0 Å². The molecule has 0 unspecified atom stereocenters. The summed E-state index contributed by atoms with van der Waals surface area (Å²) in [6.07, 6.45) is 5.77. The van der Waals surface area contributed by atoms with Gasteiger partial charge in [0.25, 0.3) is 0 Å². The minimum Gasteiger partial charge on any atom is -0.339 e. The van der Waals surface area contributed by atoms with Crippen molar-refractivity contribution in [1.82, 2.24) is 14.1 Å². The SMILES string of the molecule is Cn1ccnc1Cn1cc(C(=O)C2C(C)(C)C2(C)C)c2ccccc21. The Morgan fingerprint density at radius 3 is 2.44 bits per heavy atom. The molecule has 3 aromatic rings. The van der Waals surface area contributed by atoms with E-state index < -0.39 is 0 Å². The van der Waals surface area contributed by atoms with Crippen LogP contribution in [0.3, 0.4) is 0 Å². The normalized spacial score (nSPS) is 18.6. The van der Waals surface area contributed by atoms with Gasteiger partial charge in [-0.25, -0.2) is 4.98 Å². The number of fused-ring (bicyclic) bond motifs is 1.